The highest BCUT2D eigenvalue weighted by Crippen LogP contribution is 2.31. The third kappa shape index (κ3) is 4.21. The summed E-state index contributed by atoms with van der Waals surface area (Å²) in [5, 5.41) is 5.14. The summed E-state index contributed by atoms with van der Waals surface area (Å²) in [5.41, 5.74) is 4.44. The maximum absolute atomic E-state index is 12.8. The number of nitrogens with one attached hydrogen (secondary N) is 1. The lowest BCUT2D eigenvalue weighted by atomic mass is 9.94. The lowest BCUT2D eigenvalue weighted by molar-refractivity contribution is 0.402. The van der Waals surface area contributed by atoms with E-state index in [1.165, 1.54) is 24.4 Å². The van der Waals surface area contributed by atoms with Gasteiger partial charge in [0.1, 0.15) is 10.6 Å². The summed E-state index contributed by atoms with van der Waals surface area (Å²) >= 11 is 5.98. The average molecular weight is 447 g/mol. The van der Waals surface area contributed by atoms with Crippen molar-refractivity contribution >= 4 is 21.6 Å². The van der Waals surface area contributed by atoms with E-state index in [4.69, 9.17) is 21.4 Å². The first-order valence-electron chi connectivity index (χ1n) is 9.82. The van der Waals surface area contributed by atoms with Crippen molar-refractivity contribution in [3.05, 3.63) is 59.0 Å². The van der Waals surface area contributed by atoms with E-state index in [1.54, 1.807) is 24.5 Å². The molecule has 1 aliphatic carbocycles. The van der Waals surface area contributed by atoms with Crippen molar-refractivity contribution in [2.75, 3.05) is 13.7 Å². The minimum absolute atomic E-state index is 0.0254. The number of pyridine rings is 1. The van der Waals surface area contributed by atoms with E-state index in [-0.39, 0.29) is 17.2 Å². The van der Waals surface area contributed by atoms with E-state index in [9.17, 15) is 8.42 Å². The Morgan fingerprint density at radius 1 is 1.17 bits per heavy atom. The molecule has 30 heavy (non-hydrogen) atoms. The second kappa shape index (κ2) is 8.75. The van der Waals surface area contributed by atoms with Crippen LogP contribution in [0.1, 0.15) is 24.1 Å². The van der Waals surface area contributed by atoms with Gasteiger partial charge < -0.3 is 4.74 Å². The van der Waals surface area contributed by atoms with Gasteiger partial charge in [-0.05, 0) is 56.0 Å². The molecule has 4 rings (SSSR count). The van der Waals surface area contributed by atoms with Crippen molar-refractivity contribution in [2.45, 2.75) is 37.1 Å². The number of nitrogens with zero attached hydrogens (tertiary/aromatic N) is 3. The SMILES string of the molecule is COc1ccc(Cl)cc1S(=O)(=O)NCCn1nc(-c2ccncc2)c2c1CCCC2. The van der Waals surface area contributed by atoms with E-state index in [2.05, 4.69) is 9.71 Å². The first-order valence-corrected chi connectivity index (χ1v) is 11.7. The number of hydrogen-bond donors (Lipinski definition) is 1. The molecule has 0 saturated carbocycles. The first kappa shape index (κ1) is 20.8. The minimum Gasteiger partial charge on any atom is -0.495 e. The van der Waals surface area contributed by atoms with E-state index in [0.29, 0.717) is 11.6 Å². The summed E-state index contributed by atoms with van der Waals surface area (Å²) in [6.07, 6.45) is 7.70. The van der Waals surface area contributed by atoms with E-state index >= 15 is 0 Å². The van der Waals surface area contributed by atoms with Gasteiger partial charge in [0.05, 0.1) is 19.3 Å². The number of halogens is 1. The van der Waals surface area contributed by atoms with E-state index < -0.39 is 10.0 Å². The average Bonchev–Trinajstić information content (AvgIpc) is 3.13. The Balaban J connectivity index is 1.55. The maximum atomic E-state index is 12.8. The van der Waals surface area contributed by atoms with Crippen LogP contribution in [-0.2, 0) is 29.4 Å². The number of sulfonamides is 1. The van der Waals surface area contributed by atoms with Crippen LogP contribution < -0.4 is 9.46 Å². The summed E-state index contributed by atoms with van der Waals surface area (Å²) in [5.74, 6) is 0.253. The Morgan fingerprint density at radius 3 is 2.70 bits per heavy atom. The number of rotatable bonds is 7. The highest BCUT2D eigenvalue weighted by Gasteiger charge is 2.23. The van der Waals surface area contributed by atoms with Gasteiger partial charge in [0.15, 0.2) is 0 Å². The summed E-state index contributed by atoms with van der Waals surface area (Å²) in [6.45, 7) is 0.650. The molecule has 2 heterocycles. The molecule has 0 aliphatic heterocycles. The fraction of sp³-hybridized carbons (Fsp3) is 0.333. The van der Waals surface area contributed by atoms with Crippen LogP contribution in [0, 0.1) is 0 Å². The van der Waals surface area contributed by atoms with E-state index in [0.717, 1.165) is 36.9 Å². The number of ether oxygens (including phenoxy) is 1. The van der Waals surface area contributed by atoms with Crippen molar-refractivity contribution in [3.63, 3.8) is 0 Å². The standard InChI is InChI=1S/C21H23ClN4O3S/c1-29-19-7-6-16(22)14-20(19)30(27,28)24-12-13-26-18-5-3-2-4-17(18)21(25-26)15-8-10-23-11-9-15/h6-11,14,24H,2-5,12-13H2,1H3. The predicted molar refractivity (Wildman–Crippen MR) is 115 cm³/mol. The Kier molecular flexibility index (Phi) is 6.08. The van der Waals surface area contributed by atoms with Gasteiger partial charge in [-0.25, -0.2) is 13.1 Å². The van der Waals surface area contributed by atoms with Gasteiger partial charge in [-0.1, -0.05) is 11.6 Å². The number of hydrogen-bond acceptors (Lipinski definition) is 5. The molecular formula is C21H23ClN4O3S. The normalized spacial score (nSPS) is 13.8. The summed E-state index contributed by atoms with van der Waals surface area (Å²) in [7, 11) is -2.34. The minimum atomic E-state index is -3.77. The molecule has 0 radical (unpaired) electrons. The van der Waals surface area contributed by atoms with Gasteiger partial charge in [0.2, 0.25) is 10.0 Å². The van der Waals surface area contributed by atoms with Crippen LogP contribution >= 0.6 is 11.6 Å². The molecule has 2 aromatic heterocycles. The fourth-order valence-electron chi connectivity index (χ4n) is 3.82. The zero-order valence-electron chi connectivity index (χ0n) is 16.6. The van der Waals surface area contributed by atoms with Crippen molar-refractivity contribution in [1.82, 2.24) is 19.5 Å². The molecule has 0 spiro atoms. The van der Waals surface area contributed by atoms with Crippen molar-refractivity contribution < 1.29 is 13.2 Å². The second-order valence-corrected chi connectivity index (χ2v) is 9.30. The first-order chi connectivity index (χ1) is 14.5. The van der Waals surface area contributed by atoms with Crippen LogP contribution in [0.15, 0.2) is 47.6 Å². The lowest BCUT2D eigenvalue weighted by Crippen LogP contribution is -2.28. The van der Waals surface area contributed by atoms with Gasteiger partial charge >= 0.3 is 0 Å². The molecule has 0 atom stereocenters. The number of aromatic nitrogens is 3. The quantitative estimate of drug-likeness (QED) is 0.600. The Bertz CT molecular complexity index is 1150. The topological polar surface area (TPSA) is 86.1 Å². The number of benzene rings is 1. The van der Waals surface area contributed by atoms with Crippen LogP contribution in [0.25, 0.3) is 11.3 Å². The highest BCUT2D eigenvalue weighted by atomic mass is 35.5. The fourth-order valence-corrected chi connectivity index (χ4v) is 5.27. The van der Waals surface area contributed by atoms with Crippen molar-refractivity contribution in [3.8, 4) is 17.0 Å². The molecule has 3 aromatic rings. The van der Waals surface area contributed by atoms with Gasteiger partial charge in [-0.2, -0.15) is 5.10 Å². The smallest absolute Gasteiger partial charge is 0.244 e. The Hall–Kier alpha value is -2.42. The molecule has 9 heteroatoms. The van der Waals surface area contributed by atoms with Crippen LogP contribution in [-0.4, -0.2) is 36.8 Å². The van der Waals surface area contributed by atoms with Gasteiger partial charge in [0.25, 0.3) is 0 Å². The predicted octanol–water partition coefficient (Wildman–Crippen LogP) is 3.46. The molecule has 0 fully saturated rings. The second-order valence-electron chi connectivity index (χ2n) is 7.13. The Morgan fingerprint density at radius 2 is 1.93 bits per heavy atom. The molecule has 0 saturated heterocycles. The molecule has 1 N–H and O–H groups in total. The number of fused-ring (bicyclic) bond motifs is 1. The molecule has 158 valence electrons. The van der Waals surface area contributed by atoms with Crippen LogP contribution in [0.2, 0.25) is 5.02 Å². The van der Waals surface area contributed by atoms with Crippen LogP contribution in [0.5, 0.6) is 5.75 Å². The molecule has 0 unspecified atom stereocenters. The summed E-state index contributed by atoms with van der Waals surface area (Å²) < 4.78 is 35.3. The van der Waals surface area contributed by atoms with Gasteiger partial charge in [0, 0.05) is 40.8 Å². The molecular weight excluding hydrogens is 424 g/mol. The summed E-state index contributed by atoms with van der Waals surface area (Å²) in [4.78, 5) is 4.11. The molecule has 0 bridgehead atoms. The summed E-state index contributed by atoms with van der Waals surface area (Å²) in [6, 6.07) is 8.43. The van der Waals surface area contributed by atoms with Crippen molar-refractivity contribution in [1.29, 1.82) is 0 Å². The number of methoxy groups -OCH3 is 1. The maximum Gasteiger partial charge on any atom is 0.244 e. The largest absolute Gasteiger partial charge is 0.495 e. The Labute approximate surface area is 181 Å². The zero-order valence-corrected chi connectivity index (χ0v) is 18.2. The van der Waals surface area contributed by atoms with Gasteiger partial charge in [-0.15, -0.1) is 0 Å². The monoisotopic (exact) mass is 446 g/mol. The molecule has 7 nitrogen and oxygen atoms in total. The van der Waals surface area contributed by atoms with Crippen LogP contribution in [0.3, 0.4) is 0 Å². The third-order valence-corrected chi connectivity index (χ3v) is 6.96. The van der Waals surface area contributed by atoms with Crippen molar-refractivity contribution in [2.24, 2.45) is 0 Å². The molecule has 0 amide bonds. The van der Waals surface area contributed by atoms with E-state index in [1.807, 2.05) is 16.8 Å². The zero-order chi connectivity index (χ0) is 21.1. The van der Waals surface area contributed by atoms with Crippen LogP contribution in [0.4, 0.5) is 0 Å². The molecule has 1 aromatic carbocycles. The lowest BCUT2D eigenvalue weighted by Gasteiger charge is -2.15. The molecule has 1 aliphatic rings. The third-order valence-electron chi connectivity index (χ3n) is 5.24. The van der Waals surface area contributed by atoms with Gasteiger partial charge in [-0.3, -0.25) is 9.67 Å². The highest BCUT2D eigenvalue weighted by molar-refractivity contribution is 7.89.